The summed E-state index contributed by atoms with van der Waals surface area (Å²) in [6.07, 6.45) is 0. The van der Waals surface area contributed by atoms with Crippen LogP contribution in [0.25, 0.3) is 0 Å². The van der Waals surface area contributed by atoms with Crippen molar-refractivity contribution in [1.29, 1.82) is 0 Å². The predicted molar refractivity (Wildman–Crippen MR) is 86.8 cm³/mol. The van der Waals surface area contributed by atoms with E-state index in [-0.39, 0.29) is 4.75 Å². The Morgan fingerprint density at radius 2 is 1.32 bits per heavy atom. The third-order valence-corrected chi connectivity index (χ3v) is 3.78. The van der Waals surface area contributed by atoms with Crippen molar-refractivity contribution in [3.8, 4) is 0 Å². The summed E-state index contributed by atoms with van der Waals surface area (Å²) in [4.78, 5) is 1.29. The minimum atomic E-state index is 0.241. The molecule has 0 amide bonds. The summed E-state index contributed by atoms with van der Waals surface area (Å²) in [6.45, 7) is 6.66. The van der Waals surface area contributed by atoms with E-state index >= 15 is 0 Å². The zero-order chi connectivity index (χ0) is 13.9. The first-order valence-electron chi connectivity index (χ1n) is 6.24. The SMILES string of the molecule is CC(C)(C)Sc1ccc(Nc2ccc(Cl)cc2)cc1. The molecule has 1 nitrogen and oxygen atoms in total. The summed E-state index contributed by atoms with van der Waals surface area (Å²) in [5, 5.41) is 4.11. The summed E-state index contributed by atoms with van der Waals surface area (Å²) in [7, 11) is 0. The lowest BCUT2D eigenvalue weighted by Gasteiger charge is -2.17. The normalized spacial score (nSPS) is 11.4. The average molecular weight is 292 g/mol. The molecule has 2 rings (SSSR count). The molecule has 0 aliphatic rings. The number of nitrogens with one attached hydrogen (secondary N) is 1. The third kappa shape index (κ3) is 4.81. The van der Waals surface area contributed by atoms with Crippen molar-refractivity contribution >= 4 is 34.7 Å². The van der Waals surface area contributed by atoms with Gasteiger partial charge < -0.3 is 5.32 Å². The fourth-order valence-corrected chi connectivity index (χ4v) is 2.77. The minimum Gasteiger partial charge on any atom is -0.356 e. The van der Waals surface area contributed by atoms with Gasteiger partial charge in [0.25, 0.3) is 0 Å². The molecule has 1 N–H and O–H groups in total. The lowest BCUT2D eigenvalue weighted by molar-refractivity contribution is 0.803. The first kappa shape index (κ1) is 14.3. The van der Waals surface area contributed by atoms with Gasteiger partial charge in [-0.3, -0.25) is 0 Å². The lowest BCUT2D eigenvalue weighted by Crippen LogP contribution is -2.06. The zero-order valence-corrected chi connectivity index (χ0v) is 13.0. The van der Waals surface area contributed by atoms with Gasteiger partial charge in [-0.1, -0.05) is 32.4 Å². The van der Waals surface area contributed by atoms with E-state index in [1.54, 1.807) is 0 Å². The number of hydrogen-bond donors (Lipinski definition) is 1. The molecule has 0 heterocycles. The van der Waals surface area contributed by atoms with Crippen LogP contribution in [0, 0.1) is 0 Å². The molecule has 0 unspecified atom stereocenters. The largest absolute Gasteiger partial charge is 0.356 e. The standard InChI is InChI=1S/C16H18ClNS/c1-16(2,3)19-15-10-8-14(9-11-15)18-13-6-4-12(17)5-7-13/h4-11,18H,1-3H3. The number of anilines is 2. The van der Waals surface area contributed by atoms with Gasteiger partial charge in [-0.2, -0.15) is 0 Å². The highest BCUT2D eigenvalue weighted by Crippen LogP contribution is 2.32. The first-order valence-corrected chi connectivity index (χ1v) is 7.43. The Kier molecular flexibility index (Phi) is 4.43. The Balaban J connectivity index is 2.04. The minimum absolute atomic E-state index is 0.241. The van der Waals surface area contributed by atoms with Crippen LogP contribution in [0.5, 0.6) is 0 Å². The van der Waals surface area contributed by atoms with Gasteiger partial charge in [-0.05, 0) is 48.5 Å². The van der Waals surface area contributed by atoms with Crippen molar-refractivity contribution < 1.29 is 0 Å². The van der Waals surface area contributed by atoms with E-state index < -0.39 is 0 Å². The van der Waals surface area contributed by atoms with Crippen LogP contribution in [0.3, 0.4) is 0 Å². The molecule has 0 aromatic heterocycles. The Hall–Kier alpha value is -1.12. The van der Waals surface area contributed by atoms with Crippen molar-refractivity contribution in [2.24, 2.45) is 0 Å². The number of hydrogen-bond acceptors (Lipinski definition) is 2. The third-order valence-electron chi connectivity index (χ3n) is 2.41. The van der Waals surface area contributed by atoms with E-state index in [2.05, 4.69) is 50.4 Å². The van der Waals surface area contributed by atoms with Crippen molar-refractivity contribution in [3.05, 3.63) is 53.6 Å². The summed E-state index contributed by atoms with van der Waals surface area (Å²) in [5.41, 5.74) is 2.13. The summed E-state index contributed by atoms with van der Waals surface area (Å²) in [6, 6.07) is 16.2. The molecule has 0 spiro atoms. The maximum atomic E-state index is 5.87. The van der Waals surface area contributed by atoms with Crippen LogP contribution in [0.15, 0.2) is 53.4 Å². The molecule has 0 aliphatic carbocycles. The second-order valence-corrected chi connectivity index (χ2v) is 7.71. The summed E-state index contributed by atoms with van der Waals surface area (Å²) in [5.74, 6) is 0. The number of benzene rings is 2. The molecular weight excluding hydrogens is 274 g/mol. The molecule has 0 fully saturated rings. The van der Waals surface area contributed by atoms with E-state index in [1.165, 1.54) is 4.90 Å². The highest BCUT2D eigenvalue weighted by Gasteiger charge is 2.11. The molecule has 2 aromatic carbocycles. The molecule has 0 atom stereocenters. The molecule has 0 aliphatic heterocycles. The van der Waals surface area contributed by atoms with Gasteiger partial charge in [0.2, 0.25) is 0 Å². The summed E-state index contributed by atoms with van der Waals surface area (Å²) >= 11 is 7.74. The topological polar surface area (TPSA) is 12.0 Å². The molecule has 2 aromatic rings. The van der Waals surface area contributed by atoms with Gasteiger partial charge in [0.15, 0.2) is 0 Å². The van der Waals surface area contributed by atoms with Crippen molar-refractivity contribution in [2.75, 3.05) is 5.32 Å². The van der Waals surface area contributed by atoms with Gasteiger partial charge in [0.1, 0.15) is 0 Å². The van der Waals surface area contributed by atoms with Crippen molar-refractivity contribution in [2.45, 2.75) is 30.4 Å². The van der Waals surface area contributed by atoms with Gasteiger partial charge in [-0.15, -0.1) is 11.8 Å². The summed E-state index contributed by atoms with van der Waals surface area (Å²) < 4.78 is 0.241. The Bertz CT molecular complexity index is 526. The van der Waals surface area contributed by atoms with E-state index in [1.807, 2.05) is 36.0 Å². The molecule has 3 heteroatoms. The quantitative estimate of drug-likeness (QED) is 0.699. The van der Waals surface area contributed by atoms with Gasteiger partial charge >= 0.3 is 0 Å². The number of rotatable bonds is 3. The highest BCUT2D eigenvalue weighted by molar-refractivity contribution is 8.00. The maximum Gasteiger partial charge on any atom is 0.0407 e. The highest BCUT2D eigenvalue weighted by atomic mass is 35.5. The second-order valence-electron chi connectivity index (χ2n) is 5.37. The van der Waals surface area contributed by atoms with Crippen molar-refractivity contribution in [1.82, 2.24) is 0 Å². The van der Waals surface area contributed by atoms with E-state index in [0.717, 1.165) is 16.4 Å². The Labute approximate surface area is 124 Å². The second kappa shape index (κ2) is 5.89. The zero-order valence-electron chi connectivity index (χ0n) is 11.4. The van der Waals surface area contributed by atoms with Crippen LogP contribution in [-0.4, -0.2) is 4.75 Å². The molecule has 0 bridgehead atoms. The van der Waals surface area contributed by atoms with Crippen LogP contribution >= 0.6 is 23.4 Å². The first-order chi connectivity index (χ1) is 8.92. The molecule has 0 saturated carbocycles. The van der Waals surface area contributed by atoms with Crippen LogP contribution < -0.4 is 5.32 Å². The lowest BCUT2D eigenvalue weighted by atomic mass is 10.2. The van der Waals surface area contributed by atoms with Crippen LogP contribution in [0.1, 0.15) is 20.8 Å². The van der Waals surface area contributed by atoms with E-state index in [4.69, 9.17) is 11.6 Å². The van der Waals surface area contributed by atoms with Gasteiger partial charge in [0.05, 0.1) is 0 Å². The van der Waals surface area contributed by atoms with Crippen LogP contribution in [0.4, 0.5) is 11.4 Å². The fraction of sp³-hybridized carbons (Fsp3) is 0.250. The monoisotopic (exact) mass is 291 g/mol. The maximum absolute atomic E-state index is 5.87. The molecule has 19 heavy (non-hydrogen) atoms. The smallest absolute Gasteiger partial charge is 0.0407 e. The number of thioether (sulfide) groups is 1. The number of halogens is 1. The van der Waals surface area contributed by atoms with E-state index in [9.17, 15) is 0 Å². The molecule has 0 radical (unpaired) electrons. The fourth-order valence-electron chi connectivity index (χ4n) is 1.66. The van der Waals surface area contributed by atoms with E-state index in [0.29, 0.717) is 0 Å². The van der Waals surface area contributed by atoms with Gasteiger partial charge in [0, 0.05) is 26.0 Å². The molecular formula is C16H18ClNS. The Morgan fingerprint density at radius 1 is 0.842 bits per heavy atom. The van der Waals surface area contributed by atoms with Crippen LogP contribution in [0.2, 0.25) is 5.02 Å². The van der Waals surface area contributed by atoms with Gasteiger partial charge in [-0.25, -0.2) is 0 Å². The predicted octanol–water partition coefficient (Wildman–Crippen LogP) is 5.97. The van der Waals surface area contributed by atoms with Crippen LogP contribution in [-0.2, 0) is 0 Å². The molecule has 100 valence electrons. The average Bonchev–Trinajstić information content (AvgIpc) is 2.33. The van der Waals surface area contributed by atoms with Crippen molar-refractivity contribution in [3.63, 3.8) is 0 Å². The Morgan fingerprint density at radius 3 is 1.79 bits per heavy atom. The molecule has 0 saturated heterocycles.